The summed E-state index contributed by atoms with van der Waals surface area (Å²) in [6, 6.07) is 9.31. The zero-order valence-corrected chi connectivity index (χ0v) is 20.0. The highest BCUT2D eigenvalue weighted by Crippen LogP contribution is 2.41. The van der Waals surface area contributed by atoms with E-state index < -0.39 is 0 Å². The molecule has 33 heavy (non-hydrogen) atoms. The third-order valence-corrected chi connectivity index (χ3v) is 6.96. The van der Waals surface area contributed by atoms with Crippen molar-refractivity contribution in [3.8, 4) is 11.1 Å². The fourth-order valence-corrected chi connectivity index (χ4v) is 4.97. The van der Waals surface area contributed by atoms with Gasteiger partial charge in [0, 0.05) is 45.0 Å². The minimum atomic E-state index is 0.0216. The van der Waals surface area contributed by atoms with Crippen molar-refractivity contribution in [1.82, 2.24) is 14.9 Å². The highest BCUT2D eigenvalue weighted by atomic mass is 16.1. The highest BCUT2D eigenvalue weighted by Gasteiger charge is 2.31. The van der Waals surface area contributed by atoms with Gasteiger partial charge in [-0.1, -0.05) is 50.3 Å². The number of benzene rings is 1. The number of nitrogens with one attached hydrogen (secondary N) is 1. The summed E-state index contributed by atoms with van der Waals surface area (Å²) in [7, 11) is 1.87. The molecule has 0 amide bonds. The molecule has 0 spiro atoms. The molecule has 1 N–H and O–H groups in total. The van der Waals surface area contributed by atoms with Crippen LogP contribution in [0.25, 0.3) is 11.1 Å². The minimum Gasteiger partial charge on any atom is -0.338 e. The van der Waals surface area contributed by atoms with Crippen molar-refractivity contribution in [2.24, 2.45) is 7.05 Å². The molecule has 0 radical (unpaired) electrons. The van der Waals surface area contributed by atoms with Gasteiger partial charge >= 0.3 is 0 Å². The summed E-state index contributed by atoms with van der Waals surface area (Å²) < 4.78 is 1.76. The molecule has 2 aliphatic heterocycles. The molecular weight excluding hydrogens is 410 g/mol. The molecule has 1 aromatic heterocycles. The highest BCUT2D eigenvalue weighted by molar-refractivity contribution is 5.78. The zero-order valence-electron chi connectivity index (χ0n) is 20.0. The van der Waals surface area contributed by atoms with Crippen LogP contribution in [0.3, 0.4) is 0 Å². The van der Waals surface area contributed by atoms with Crippen LogP contribution in [0.2, 0.25) is 0 Å². The van der Waals surface area contributed by atoms with Crippen LogP contribution in [0, 0.1) is 0 Å². The van der Waals surface area contributed by atoms with Gasteiger partial charge in [0.15, 0.2) is 0 Å². The Morgan fingerprint density at radius 1 is 1.18 bits per heavy atom. The van der Waals surface area contributed by atoms with Gasteiger partial charge in [-0.15, -0.1) is 0 Å². The van der Waals surface area contributed by atoms with Gasteiger partial charge in [0.2, 0.25) is 5.95 Å². The summed E-state index contributed by atoms with van der Waals surface area (Å²) in [5.74, 6) is 2.17. The Kier molecular flexibility index (Phi) is 6.11. The molecule has 6 heteroatoms. The molecule has 5 rings (SSSR count). The van der Waals surface area contributed by atoms with Crippen molar-refractivity contribution in [2.75, 3.05) is 29.4 Å². The van der Waals surface area contributed by atoms with Crippen LogP contribution in [0.5, 0.6) is 0 Å². The molecule has 174 valence electrons. The lowest BCUT2D eigenvalue weighted by atomic mass is 10.0. The lowest BCUT2D eigenvalue weighted by Crippen LogP contribution is -2.43. The van der Waals surface area contributed by atoms with Crippen molar-refractivity contribution >= 4 is 11.8 Å². The van der Waals surface area contributed by atoms with E-state index in [0.717, 1.165) is 43.3 Å². The second-order valence-corrected chi connectivity index (χ2v) is 9.85. The lowest BCUT2D eigenvalue weighted by molar-refractivity contribution is 0.517. The molecule has 1 atom stereocenters. The SMILES string of the molecule is CC(C)NCC1CCCN1c1nc(N2C=CC=CC2)c(-c2cccc(C3CC3)c2)c(=O)n1C. The lowest BCUT2D eigenvalue weighted by Gasteiger charge is -2.30. The smallest absolute Gasteiger partial charge is 0.264 e. The van der Waals surface area contributed by atoms with Crippen LogP contribution in [0.4, 0.5) is 11.8 Å². The second-order valence-electron chi connectivity index (χ2n) is 9.85. The van der Waals surface area contributed by atoms with E-state index in [4.69, 9.17) is 4.98 Å². The molecule has 3 heterocycles. The predicted octanol–water partition coefficient (Wildman–Crippen LogP) is 4.18. The number of nitrogens with zero attached hydrogens (tertiary/aromatic N) is 4. The van der Waals surface area contributed by atoms with Gasteiger partial charge in [0.1, 0.15) is 5.82 Å². The maximum Gasteiger partial charge on any atom is 0.264 e. The van der Waals surface area contributed by atoms with Crippen LogP contribution >= 0.6 is 0 Å². The largest absolute Gasteiger partial charge is 0.338 e. The van der Waals surface area contributed by atoms with Gasteiger partial charge < -0.3 is 15.1 Å². The third kappa shape index (κ3) is 4.49. The van der Waals surface area contributed by atoms with E-state index in [0.29, 0.717) is 30.1 Å². The Morgan fingerprint density at radius 2 is 2.03 bits per heavy atom. The normalized spacial score (nSPS) is 20.3. The van der Waals surface area contributed by atoms with Gasteiger partial charge in [-0.3, -0.25) is 9.36 Å². The van der Waals surface area contributed by atoms with Gasteiger partial charge in [0.25, 0.3) is 5.56 Å². The van der Waals surface area contributed by atoms with Gasteiger partial charge in [0.05, 0.1) is 5.56 Å². The minimum absolute atomic E-state index is 0.0216. The van der Waals surface area contributed by atoms with Crippen LogP contribution < -0.4 is 20.7 Å². The summed E-state index contributed by atoms with van der Waals surface area (Å²) in [6.45, 7) is 6.89. The topological polar surface area (TPSA) is 53.4 Å². The monoisotopic (exact) mass is 445 g/mol. The molecular formula is C27H35N5O. The summed E-state index contributed by atoms with van der Waals surface area (Å²) >= 11 is 0. The molecule has 0 bridgehead atoms. The van der Waals surface area contributed by atoms with Crippen molar-refractivity contribution < 1.29 is 0 Å². The van der Waals surface area contributed by atoms with E-state index in [1.807, 2.05) is 25.4 Å². The van der Waals surface area contributed by atoms with E-state index in [1.54, 1.807) is 4.57 Å². The van der Waals surface area contributed by atoms with E-state index >= 15 is 0 Å². The van der Waals surface area contributed by atoms with Crippen LogP contribution in [0.15, 0.2) is 53.5 Å². The molecule has 2 fully saturated rings. The number of allylic oxidation sites excluding steroid dienone is 2. The zero-order chi connectivity index (χ0) is 22.9. The molecule has 1 aromatic carbocycles. The number of rotatable bonds is 7. The third-order valence-electron chi connectivity index (χ3n) is 6.96. The molecule has 1 saturated heterocycles. The van der Waals surface area contributed by atoms with Crippen LogP contribution in [-0.4, -0.2) is 41.3 Å². The van der Waals surface area contributed by atoms with Crippen molar-refractivity contribution in [3.05, 3.63) is 64.6 Å². The Labute approximate surface area is 196 Å². The van der Waals surface area contributed by atoms with Crippen LogP contribution in [0.1, 0.15) is 51.0 Å². The first-order valence-corrected chi connectivity index (χ1v) is 12.3. The first kappa shape index (κ1) is 22.0. The molecule has 3 aliphatic rings. The summed E-state index contributed by atoms with van der Waals surface area (Å²) in [4.78, 5) is 23.5. The molecule has 1 unspecified atom stereocenters. The van der Waals surface area contributed by atoms with Crippen molar-refractivity contribution in [1.29, 1.82) is 0 Å². The number of aromatic nitrogens is 2. The predicted molar refractivity (Wildman–Crippen MR) is 136 cm³/mol. The van der Waals surface area contributed by atoms with Crippen molar-refractivity contribution in [3.63, 3.8) is 0 Å². The molecule has 6 nitrogen and oxygen atoms in total. The fourth-order valence-electron chi connectivity index (χ4n) is 4.97. The van der Waals surface area contributed by atoms with Gasteiger partial charge in [-0.05, 0) is 48.8 Å². The number of hydrogen-bond donors (Lipinski definition) is 1. The standard InChI is InChI=1S/C27H35N5O/c1-19(2)28-18-23-11-8-16-32(23)27-29-25(31-14-5-4-6-15-31)24(26(33)30(27)3)22-10-7-9-21(17-22)20-12-13-20/h4-7,9-10,14,17,19-20,23,28H,8,11-13,15-16,18H2,1-3H3. The average molecular weight is 446 g/mol. The Balaban J connectivity index is 1.60. The molecule has 1 saturated carbocycles. The first-order valence-electron chi connectivity index (χ1n) is 12.3. The summed E-state index contributed by atoms with van der Waals surface area (Å²) in [5, 5.41) is 3.57. The second kappa shape index (κ2) is 9.18. The number of hydrogen-bond acceptors (Lipinski definition) is 5. The Bertz CT molecular complexity index is 1130. The van der Waals surface area contributed by atoms with Crippen molar-refractivity contribution in [2.45, 2.75) is 57.5 Å². The maximum atomic E-state index is 13.9. The average Bonchev–Trinajstić information content (AvgIpc) is 3.58. The quantitative estimate of drug-likeness (QED) is 0.693. The molecule has 1 aliphatic carbocycles. The van der Waals surface area contributed by atoms with E-state index in [1.165, 1.54) is 18.4 Å². The summed E-state index contributed by atoms with van der Waals surface area (Å²) in [6.07, 6.45) is 12.9. The first-order chi connectivity index (χ1) is 16.0. The van der Waals surface area contributed by atoms with Crippen LogP contribution in [-0.2, 0) is 7.05 Å². The fraction of sp³-hybridized carbons (Fsp3) is 0.481. The Morgan fingerprint density at radius 3 is 2.76 bits per heavy atom. The van der Waals surface area contributed by atoms with E-state index in [9.17, 15) is 4.79 Å². The van der Waals surface area contributed by atoms with E-state index in [-0.39, 0.29) is 5.56 Å². The Hall–Kier alpha value is -2.86. The number of anilines is 2. The van der Waals surface area contributed by atoms with Gasteiger partial charge in [-0.25, -0.2) is 0 Å². The van der Waals surface area contributed by atoms with E-state index in [2.05, 4.69) is 59.3 Å². The molecule has 2 aromatic rings. The maximum absolute atomic E-state index is 13.9. The summed E-state index contributed by atoms with van der Waals surface area (Å²) in [5.41, 5.74) is 3.02. The van der Waals surface area contributed by atoms with Gasteiger partial charge in [-0.2, -0.15) is 4.98 Å².